The Morgan fingerprint density at radius 3 is 1.89 bits per heavy atom. The van der Waals surface area contributed by atoms with Crippen molar-refractivity contribution in [3.8, 4) is 0 Å². The summed E-state index contributed by atoms with van der Waals surface area (Å²) < 4.78 is 25.9. The summed E-state index contributed by atoms with van der Waals surface area (Å²) in [7, 11) is -3.54. The summed E-state index contributed by atoms with van der Waals surface area (Å²) in [6.07, 6.45) is 1.47. The molecule has 0 saturated carbocycles. The van der Waals surface area contributed by atoms with E-state index in [0.717, 1.165) is 6.26 Å². The zero-order chi connectivity index (χ0) is 21.5. The van der Waals surface area contributed by atoms with Gasteiger partial charge in [-0.05, 0) is 26.0 Å². The average molecular weight is 412 g/mol. The topological polar surface area (TPSA) is 172 Å². The summed E-state index contributed by atoms with van der Waals surface area (Å²) in [5.74, 6) is 0. The number of hydrogen-bond acceptors (Lipinski definition) is 10. The van der Waals surface area contributed by atoms with Crippen LogP contribution in [0.5, 0.6) is 0 Å². The molecule has 0 atom stereocenters. The van der Waals surface area contributed by atoms with E-state index in [2.05, 4.69) is 14.2 Å². The van der Waals surface area contributed by atoms with Gasteiger partial charge in [-0.15, -0.1) is 0 Å². The number of nitro groups is 2. The maximum Gasteiger partial charge on any atom is 0.290 e. The van der Waals surface area contributed by atoms with E-state index in [-0.39, 0.29) is 35.1 Å². The third-order valence-electron chi connectivity index (χ3n) is 3.13. The molecule has 13 heteroatoms. The van der Waals surface area contributed by atoms with E-state index in [0.29, 0.717) is 12.0 Å². The molecule has 28 heavy (non-hydrogen) atoms. The number of aldehydes is 1. The van der Waals surface area contributed by atoms with E-state index >= 15 is 0 Å². The second-order valence-electron chi connectivity index (χ2n) is 5.35. The fraction of sp³-hybridized carbons (Fsp3) is 0.267. The molecule has 2 aromatic rings. The van der Waals surface area contributed by atoms with Gasteiger partial charge >= 0.3 is 0 Å². The summed E-state index contributed by atoms with van der Waals surface area (Å²) in [6.45, 7) is 2.74. The van der Waals surface area contributed by atoms with Crippen LogP contribution in [0.15, 0.2) is 24.3 Å². The summed E-state index contributed by atoms with van der Waals surface area (Å²) in [5, 5.41) is 20.8. The van der Waals surface area contributed by atoms with Gasteiger partial charge in [-0.2, -0.15) is 8.42 Å². The van der Waals surface area contributed by atoms with Crippen molar-refractivity contribution in [1.82, 2.24) is 9.97 Å². The van der Waals surface area contributed by atoms with Gasteiger partial charge in [0.15, 0.2) is 6.29 Å². The van der Waals surface area contributed by atoms with Crippen LogP contribution in [0.4, 0.5) is 11.4 Å². The van der Waals surface area contributed by atoms with E-state index in [1.807, 2.05) is 0 Å². The molecule has 12 nitrogen and oxygen atoms in total. The molecular weight excluding hydrogens is 396 g/mol. The smallest absolute Gasteiger partial charge is 0.290 e. The lowest BCUT2D eigenvalue weighted by Gasteiger charge is -2.02. The SMILES string of the molecule is Cc1nc(C=O)ccc1[N+](=O)[O-].Cc1nc(COS(C)(=O)=O)ccc1[N+](=O)[O-]. The van der Waals surface area contributed by atoms with Gasteiger partial charge in [0, 0.05) is 12.1 Å². The number of pyridine rings is 2. The Balaban J connectivity index is 0.000000292. The van der Waals surface area contributed by atoms with Crippen molar-refractivity contribution in [3.63, 3.8) is 0 Å². The van der Waals surface area contributed by atoms with Crippen molar-refractivity contribution in [2.75, 3.05) is 6.26 Å². The summed E-state index contributed by atoms with van der Waals surface area (Å²) in [6, 6.07) is 5.21. The van der Waals surface area contributed by atoms with E-state index in [1.54, 1.807) is 0 Å². The molecule has 0 aromatic carbocycles. The lowest BCUT2D eigenvalue weighted by atomic mass is 10.3. The van der Waals surface area contributed by atoms with Gasteiger partial charge in [0.25, 0.3) is 21.5 Å². The van der Waals surface area contributed by atoms with Crippen molar-refractivity contribution >= 4 is 27.8 Å². The van der Waals surface area contributed by atoms with Crippen molar-refractivity contribution in [2.45, 2.75) is 20.5 Å². The molecule has 0 unspecified atom stereocenters. The predicted octanol–water partition coefficient (Wildman–Crippen LogP) is 1.89. The highest BCUT2D eigenvalue weighted by Gasteiger charge is 2.13. The first-order valence-electron chi connectivity index (χ1n) is 7.47. The highest BCUT2D eigenvalue weighted by atomic mass is 32.2. The van der Waals surface area contributed by atoms with E-state index in [4.69, 9.17) is 0 Å². The molecule has 0 N–H and O–H groups in total. The van der Waals surface area contributed by atoms with Crippen LogP contribution in [0.2, 0.25) is 0 Å². The van der Waals surface area contributed by atoms with Crippen LogP contribution >= 0.6 is 0 Å². The number of carbonyl (C=O) groups is 1. The first-order chi connectivity index (χ1) is 12.9. The van der Waals surface area contributed by atoms with Gasteiger partial charge in [-0.1, -0.05) is 0 Å². The monoisotopic (exact) mass is 412 g/mol. The van der Waals surface area contributed by atoms with Crippen LogP contribution in [0.1, 0.15) is 27.6 Å². The van der Waals surface area contributed by atoms with Crippen LogP contribution in [0.3, 0.4) is 0 Å². The zero-order valence-corrected chi connectivity index (χ0v) is 15.9. The predicted molar refractivity (Wildman–Crippen MR) is 96.3 cm³/mol. The minimum absolute atomic E-state index is 0.0689. The Bertz CT molecular complexity index is 1010. The quantitative estimate of drug-likeness (QED) is 0.295. The van der Waals surface area contributed by atoms with Crippen molar-refractivity contribution in [3.05, 3.63) is 67.3 Å². The Morgan fingerprint density at radius 2 is 1.50 bits per heavy atom. The minimum atomic E-state index is -3.54. The van der Waals surface area contributed by atoms with E-state index < -0.39 is 20.0 Å². The number of nitrogens with zero attached hydrogens (tertiary/aromatic N) is 4. The molecule has 0 aliphatic carbocycles. The van der Waals surface area contributed by atoms with Crippen molar-refractivity contribution < 1.29 is 27.2 Å². The normalized spacial score (nSPS) is 10.5. The Hall–Kier alpha value is -3.32. The molecule has 0 aliphatic heterocycles. The van der Waals surface area contributed by atoms with Crippen molar-refractivity contribution in [2.24, 2.45) is 0 Å². The van der Waals surface area contributed by atoms with Crippen LogP contribution in [-0.4, -0.2) is 40.8 Å². The van der Waals surface area contributed by atoms with Crippen LogP contribution in [0.25, 0.3) is 0 Å². The molecule has 0 aliphatic rings. The Kier molecular flexibility index (Phi) is 7.76. The Labute approximate surface area is 159 Å². The molecule has 150 valence electrons. The average Bonchev–Trinajstić information content (AvgIpc) is 2.59. The second-order valence-corrected chi connectivity index (χ2v) is 6.99. The molecule has 0 radical (unpaired) electrons. The fourth-order valence-electron chi connectivity index (χ4n) is 1.88. The molecule has 2 heterocycles. The van der Waals surface area contributed by atoms with Gasteiger partial charge in [0.2, 0.25) is 0 Å². The molecule has 0 bridgehead atoms. The van der Waals surface area contributed by atoms with Gasteiger partial charge in [0.1, 0.15) is 23.7 Å². The largest absolute Gasteiger partial charge is 0.296 e. The first kappa shape index (κ1) is 22.7. The van der Waals surface area contributed by atoms with Crippen LogP contribution in [-0.2, 0) is 20.9 Å². The van der Waals surface area contributed by atoms with E-state index in [9.17, 15) is 33.4 Å². The maximum absolute atomic E-state index is 10.7. The highest BCUT2D eigenvalue weighted by molar-refractivity contribution is 7.85. The van der Waals surface area contributed by atoms with Gasteiger partial charge in [-0.3, -0.25) is 29.2 Å². The Morgan fingerprint density at radius 1 is 1.00 bits per heavy atom. The summed E-state index contributed by atoms with van der Waals surface area (Å²) in [5.41, 5.74) is 0.833. The molecule has 2 aromatic heterocycles. The molecular formula is C15H16N4O8S. The highest BCUT2D eigenvalue weighted by Crippen LogP contribution is 2.16. The first-order valence-corrected chi connectivity index (χ1v) is 9.28. The van der Waals surface area contributed by atoms with Gasteiger partial charge in [-0.25, -0.2) is 9.97 Å². The zero-order valence-electron chi connectivity index (χ0n) is 15.1. The maximum atomic E-state index is 10.7. The standard InChI is InChI=1S/C8H10N2O5S.C7H6N2O3/c1-6-8(10(11)12)4-3-7(9-6)5-15-16(2,13)14;1-5-7(9(11)12)3-2-6(4-10)8-5/h3-4H,5H2,1-2H3;2-4H,1H3. The number of aromatic nitrogens is 2. The molecule has 0 saturated heterocycles. The molecule has 0 spiro atoms. The second kappa shape index (κ2) is 9.57. The summed E-state index contributed by atoms with van der Waals surface area (Å²) in [4.78, 5) is 37.5. The number of aryl methyl sites for hydroxylation is 2. The van der Waals surface area contributed by atoms with Crippen molar-refractivity contribution in [1.29, 1.82) is 0 Å². The van der Waals surface area contributed by atoms with E-state index in [1.165, 1.54) is 38.1 Å². The molecule has 2 rings (SSSR count). The lowest BCUT2D eigenvalue weighted by Crippen LogP contribution is -2.05. The molecule has 0 fully saturated rings. The molecule has 0 amide bonds. The fourth-order valence-corrected chi connectivity index (χ4v) is 2.21. The number of hydrogen-bond donors (Lipinski definition) is 0. The van der Waals surface area contributed by atoms with Gasteiger partial charge in [0.05, 0.1) is 21.8 Å². The third kappa shape index (κ3) is 7.13. The van der Waals surface area contributed by atoms with Gasteiger partial charge < -0.3 is 0 Å². The number of rotatable bonds is 6. The lowest BCUT2D eigenvalue weighted by molar-refractivity contribution is -0.385. The number of carbonyl (C=O) groups excluding carboxylic acids is 1. The summed E-state index contributed by atoms with van der Waals surface area (Å²) >= 11 is 0. The van der Waals surface area contributed by atoms with Crippen LogP contribution in [0, 0.1) is 34.1 Å². The third-order valence-corrected chi connectivity index (χ3v) is 3.68. The minimum Gasteiger partial charge on any atom is -0.296 e. The van der Waals surface area contributed by atoms with Crippen LogP contribution < -0.4 is 0 Å².